The summed E-state index contributed by atoms with van der Waals surface area (Å²) in [5, 5.41) is 9.76. The van der Waals surface area contributed by atoms with Crippen molar-refractivity contribution in [3.8, 4) is 6.07 Å². The predicted molar refractivity (Wildman–Crippen MR) is 73.5 cm³/mol. The summed E-state index contributed by atoms with van der Waals surface area (Å²) < 4.78 is 0. The second-order valence-corrected chi connectivity index (χ2v) is 4.57. The molecule has 0 fully saturated rings. The van der Waals surface area contributed by atoms with Crippen LogP contribution in [0.2, 0.25) is 0 Å². The average molecular weight is 253 g/mol. The second kappa shape index (κ2) is 5.49. The van der Waals surface area contributed by atoms with E-state index in [2.05, 4.69) is 4.98 Å². The maximum Gasteiger partial charge on any atom is 0.257 e. The van der Waals surface area contributed by atoms with Crippen LogP contribution in [0.3, 0.4) is 0 Å². The molecule has 2 aromatic rings. The van der Waals surface area contributed by atoms with Gasteiger partial charge in [0, 0.05) is 17.6 Å². The van der Waals surface area contributed by atoms with E-state index < -0.39 is 0 Å². The molecule has 0 bridgehead atoms. The Morgan fingerprint density at radius 3 is 2.79 bits per heavy atom. The molecule has 0 aliphatic heterocycles. The Hall–Kier alpha value is -2.41. The van der Waals surface area contributed by atoms with Gasteiger partial charge in [-0.1, -0.05) is 18.2 Å². The van der Waals surface area contributed by atoms with Crippen molar-refractivity contribution in [3.05, 3.63) is 42.1 Å². The normalized spacial score (nSPS) is 10.4. The topological polar surface area (TPSA) is 57.0 Å². The van der Waals surface area contributed by atoms with Gasteiger partial charge in [-0.3, -0.25) is 9.78 Å². The quantitative estimate of drug-likeness (QED) is 0.790. The van der Waals surface area contributed by atoms with Crippen molar-refractivity contribution < 1.29 is 4.79 Å². The minimum absolute atomic E-state index is 0.0221. The number of carbonyl (C=O) groups is 1. The summed E-state index contributed by atoms with van der Waals surface area (Å²) in [5.41, 5.74) is 1.22. The summed E-state index contributed by atoms with van der Waals surface area (Å²) in [7, 11) is 0. The number of pyridine rings is 1. The minimum Gasteiger partial charge on any atom is -0.323 e. The van der Waals surface area contributed by atoms with Gasteiger partial charge in [0.15, 0.2) is 0 Å². The molecule has 0 atom stereocenters. The number of benzene rings is 1. The van der Waals surface area contributed by atoms with Crippen LogP contribution in [0.25, 0.3) is 10.9 Å². The first-order valence-corrected chi connectivity index (χ1v) is 6.17. The minimum atomic E-state index is -0.152. The molecular weight excluding hydrogens is 238 g/mol. The van der Waals surface area contributed by atoms with Gasteiger partial charge in [-0.25, -0.2) is 0 Å². The summed E-state index contributed by atoms with van der Waals surface area (Å²) in [6, 6.07) is 11.3. The van der Waals surface area contributed by atoms with Crippen LogP contribution in [0, 0.1) is 11.3 Å². The van der Waals surface area contributed by atoms with Crippen LogP contribution in [-0.4, -0.2) is 28.4 Å². The molecule has 0 unspecified atom stereocenters. The fourth-order valence-corrected chi connectivity index (χ4v) is 2.00. The zero-order valence-corrected chi connectivity index (χ0v) is 11.0. The molecule has 0 N–H and O–H groups in total. The van der Waals surface area contributed by atoms with Crippen molar-refractivity contribution in [1.82, 2.24) is 9.88 Å². The third kappa shape index (κ3) is 2.55. The Balaban J connectivity index is 2.49. The van der Waals surface area contributed by atoms with Crippen LogP contribution in [0.4, 0.5) is 0 Å². The molecule has 0 saturated carbocycles. The smallest absolute Gasteiger partial charge is 0.257 e. The van der Waals surface area contributed by atoms with Crippen LogP contribution >= 0.6 is 0 Å². The fraction of sp³-hybridized carbons (Fsp3) is 0.267. The molecule has 4 nitrogen and oxygen atoms in total. The molecule has 0 aliphatic rings. The van der Waals surface area contributed by atoms with Crippen LogP contribution in [0.5, 0.6) is 0 Å². The zero-order chi connectivity index (χ0) is 13.8. The summed E-state index contributed by atoms with van der Waals surface area (Å²) in [6.45, 7) is 3.88. The molecule has 4 heteroatoms. The van der Waals surface area contributed by atoms with Gasteiger partial charge in [-0.05, 0) is 26.0 Å². The molecular formula is C15H15N3O. The summed E-state index contributed by atoms with van der Waals surface area (Å²) in [6.07, 6.45) is 1.67. The van der Waals surface area contributed by atoms with Crippen LogP contribution < -0.4 is 0 Å². The molecule has 0 radical (unpaired) electrons. The van der Waals surface area contributed by atoms with Crippen LogP contribution in [0.15, 0.2) is 36.5 Å². The largest absolute Gasteiger partial charge is 0.323 e. The van der Waals surface area contributed by atoms with E-state index in [9.17, 15) is 4.79 Å². The standard InChI is InChI=1S/C15H15N3O/c1-11(2)18(10-8-16)15(19)13-7-3-5-12-6-4-9-17-14(12)13/h3-7,9,11H,10H2,1-2H3. The van der Waals surface area contributed by atoms with Gasteiger partial charge >= 0.3 is 0 Å². The maximum atomic E-state index is 12.5. The molecule has 1 aromatic heterocycles. The van der Waals surface area contributed by atoms with Crippen molar-refractivity contribution >= 4 is 16.8 Å². The summed E-state index contributed by atoms with van der Waals surface area (Å²) in [4.78, 5) is 18.3. The molecule has 1 heterocycles. The third-order valence-electron chi connectivity index (χ3n) is 2.99. The van der Waals surface area contributed by atoms with E-state index in [0.717, 1.165) is 5.39 Å². The number of aromatic nitrogens is 1. The van der Waals surface area contributed by atoms with Gasteiger partial charge < -0.3 is 4.90 Å². The number of carbonyl (C=O) groups excluding carboxylic acids is 1. The lowest BCUT2D eigenvalue weighted by Crippen LogP contribution is -2.37. The highest BCUT2D eigenvalue weighted by Gasteiger charge is 2.20. The van der Waals surface area contributed by atoms with Gasteiger partial charge in [0.05, 0.1) is 17.1 Å². The maximum absolute atomic E-state index is 12.5. The molecule has 1 amide bonds. The average Bonchev–Trinajstić information content (AvgIpc) is 2.43. The van der Waals surface area contributed by atoms with E-state index in [1.807, 2.05) is 44.2 Å². The van der Waals surface area contributed by atoms with E-state index in [1.165, 1.54) is 0 Å². The van der Waals surface area contributed by atoms with E-state index in [0.29, 0.717) is 11.1 Å². The van der Waals surface area contributed by atoms with E-state index in [4.69, 9.17) is 5.26 Å². The Morgan fingerprint density at radius 2 is 2.11 bits per heavy atom. The van der Waals surface area contributed by atoms with Gasteiger partial charge in [0.25, 0.3) is 5.91 Å². The number of nitriles is 1. The van der Waals surface area contributed by atoms with Crippen LogP contribution in [0.1, 0.15) is 24.2 Å². The van der Waals surface area contributed by atoms with Gasteiger partial charge in [0.1, 0.15) is 6.54 Å². The van der Waals surface area contributed by atoms with E-state index in [-0.39, 0.29) is 18.5 Å². The monoisotopic (exact) mass is 253 g/mol. The fourth-order valence-electron chi connectivity index (χ4n) is 2.00. The lowest BCUT2D eigenvalue weighted by molar-refractivity contribution is 0.0733. The number of hydrogen-bond donors (Lipinski definition) is 0. The van der Waals surface area contributed by atoms with E-state index in [1.54, 1.807) is 17.2 Å². The van der Waals surface area contributed by atoms with Crippen molar-refractivity contribution in [1.29, 1.82) is 5.26 Å². The summed E-state index contributed by atoms with van der Waals surface area (Å²) >= 11 is 0. The first-order valence-electron chi connectivity index (χ1n) is 6.17. The first-order chi connectivity index (χ1) is 9.15. The molecule has 0 spiro atoms. The lowest BCUT2D eigenvalue weighted by atomic mass is 10.1. The molecule has 19 heavy (non-hydrogen) atoms. The number of nitrogens with zero attached hydrogens (tertiary/aromatic N) is 3. The van der Waals surface area contributed by atoms with Gasteiger partial charge in [-0.2, -0.15) is 5.26 Å². The Bertz CT molecular complexity index is 638. The van der Waals surface area contributed by atoms with Crippen molar-refractivity contribution in [2.75, 3.05) is 6.54 Å². The highest BCUT2D eigenvalue weighted by atomic mass is 16.2. The Kier molecular flexibility index (Phi) is 3.76. The zero-order valence-electron chi connectivity index (χ0n) is 11.0. The molecule has 96 valence electrons. The molecule has 1 aromatic carbocycles. The van der Waals surface area contributed by atoms with Gasteiger partial charge in [-0.15, -0.1) is 0 Å². The molecule has 0 aliphatic carbocycles. The lowest BCUT2D eigenvalue weighted by Gasteiger charge is -2.24. The predicted octanol–water partition coefficient (Wildman–Crippen LogP) is 2.61. The van der Waals surface area contributed by atoms with Crippen molar-refractivity contribution in [2.45, 2.75) is 19.9 Å². The van der Waals surface area contributed by atoms with Crippen molar-refractivity contribution in [3.63, 3.8) is 0 Å². The number of rotatable bonds is 3. The van der Waals surface area contributed by atoms with Gasteiger partial charge in [0.2, 0.25) is 0 Å². The Labute approximate surface area is 112 Å². The molecule has 0 saturated heterocycles. The number of para-hydroxylation sites is 1. The first kappa shape index (κ1) is 13.0. The SMILES string of the molecule is CC(C)N(CC#N)C(=O)c1cccc2cccnc12. The highest BCUT2D eigenvalue weighted by Crippen LogP contribution is 2.18. The molecule has 2 rings (SSSR count). The number of hydrogen-bond acceptors (Lipinski definition) is 3. The highest BCUT2D eigenvalue weighted by molar-refractivity contribution is 6.05. The number of fused-ring (bicyclic) bond motifs is 1. The van der Waals surface area contributed by atoms with Crippen molar-refractivity contribution in [2.24, 2.45) is 0 Å². The van der Waals surface area contributed by atoms with Crippen LogP contribution in [-0.2, 0) is 0 Å². The van der Waals surface area contributed by atoms with E-state index >= 15 is 0 Å². The number of amides is 1. The second-order valence-electron chi connectivity index (χ2n) is 4.57. The summed E-state index contributed by atoms with van der Waals surface area (Å²) in [5.74, 6) is -0.152. The third-order valence-corrected chi connectivity index (χ3v) is 2.99. The Morgan fingerprint density at radius 1 is 1.37 bits per heavy atom.